The summed E-state index contributed by atoms with van der Waals surface area (Å²) in [5.41, 5.74) is 3.11. The second kappa shape index (κ2) is 7.19. The summed E-state index contributed by atoms with van der Waals surface area (Å²) in [5.74, 6) is 1.75. The number of rotatable bonds is 3. The van der Waals surface area contributed by atoms with E-state index in [4.69, 9.17) is 0 Å². The Morgan fingerprint density at radius 3 is 2.44 bits per heavy atom. The zero-order valence-electron chi connectivity index (χ0n) is 15.5. The maximum Gasteiger partial charge on any atom is 0.253 e. The predicted molar refractivity (Wildman–Crippen MR) is 103 cm³/mol. The van der Waals surface area contributed by atoms with Crippen LogP contribution in [0.2, 0.25) is 0 Å². The minimum atomic E-state index is 0.0968. The Labute approximate surface area is 158 Å². The van der Waals surface area contributed by atoms with Crippen molar-refractivity contribution in [3.05, 3.63) is 66.0 Å². The van der Waals surface area contributed by atoms with Crippen molar-refractivity contribution in [2.75, 3.05) is 31.1 Å². The summed E-state index contributed by atoms with van der Waals surface area (Å²) in [6.07, 6.45) is 6.86. The van der Waals surface area contributed by atoms with E-state index >= 15 is 0 Å². The first-order valence-electron chi connectivity index (χ1n) is 9.03. The Bertz CT molecular complexity index is 945. The highest BCUT2D eigenvalue weighted by atomic mass is 16.2. The van der Waals surface area contributed by atoms with E-state index < -0.39 is 0 Å². The summed E-state index contributed by atoms with van der Waals surface area (Å²) >= 11 is 0. The molecule has 1 aliphatic rings. The lowest BCUT2D eigenvalue weighted by Gasteiger charge is -2.35. The molecule has 0 aliphatic carbocycles. The van der Waals surface area contributed by atoms with Crippen LogP contribution in [0.4, 0.5) is 5.82 Å². The third-order valence-electron chi connectivity index (χ3n) is 5.05. The van der Waals surface area contributed by atoms with E-state index in [1.807, 2.05) is 46.9 Å². The van der Waals surface area contributed by atoms with Crippen molar-refractivity contribution in [3.63, 3.8) is 0 Å². The summed E-state index contributed by atoms with van der Waals surface area (Å²) < 4.78 is 1.85. The Kier molecular flexibility index (Phi) is 4.58. The topological polar surface area (TPSA) is 67.2 Å². The summed E-state index contributed by atoms with van der Waals surface area (Å²) in [4.78, 5) is 29.6. The lowest BCUT2D eigenvalue weighted by Crippen LogP contribution is -2.49. The molecule has 7 heteroatoms. The molecule has 0 atom stereocenters. The van der Waals surface area contributed by atoms with Crippen LogP contribution in [0.3, 0.4) is 0 Å². The Balaban J connectivity index is 1.44. The van der Waals surface area contributed by atoms with Gasteiger partial charge in [0, 0.05) is 50.2 Å². The standard InChI is InChI=1S/C20H22N6O/c1-15-3-4-17(11-16(15)2)20(27)25-9-7-24(8-10-25)18-12-19(23-13-22-18)26-6-5-21-14-26/h3-6,11-14H,7-10H2,1-2H3. The van der Waals surface area contributed by atoms with Gasteiger partial charge in [-0.05, 0) is 37.1 Å². The Hall–Kier alpha value is -3.22. The molecule has 27 heavy (non-hydrogen) atoms. The van der Waals surface area contributed by atoms with E-state index in [1.165, 1.54) is 5.56 Å². The molecule has 1 aliphatic heterocycles. The Morgan fingerprint density at radius 1 is 0.963 bits per heavy atom. The van der Waals surface area contributed by atoms with E-state index in [9.17, 15) is 4.79 Å². The molecule has 0 radical (unpaired) electrons. The van der Waals surface area contributed by atoms with Crippen molar-refractivity contribution < 1.29 is 4.79 Å². The number of hydrogen-bond donors (Lipinski definition) is 0. The molecule has 2 aromatic heterocycles. The van der Waals surface area contributed by atoms with Crippen molar-refractivity contribution in [2.24, 2.45) is 0 Å². The molecule has 0 bridgehead atoms. The van der Waals surface area contributed by atoms with Crippen molar-refractivity contribution in [1.29, 1.82) is 0 Å². The van der Waals surface area contributed by atoms with E-state index in [-0.39, 0.29) is 5.91 Å². The number of carbonyl (C=O) groups is 1. The molecule has 1 aromatic carbocycles. The number of hydrogen-bond acceptors (Lipinski definition) is 5. The van der Waals surface area contributed by atoms with Crippen molar-refractivity contribution in [2.45, 2.75) is 13.8 Å². The molecular formula is C20H22N6O. The first-order valence-corrected chi connectivity index (χ1v) is 9.03. The van der Waals surface area contributed by atoms with Crippen LogP contribution >= 0.6 is 0 Å². The quantitative estimate of drug-likeness (QED) is 0.715. The highest BCUT2D eigenvalue weighted by Gasteiger charge is 2.23. The summed E-state index contributed by atoms with van der Waals surface area (Å²) in [6, 6.07) is 7.85. The monoisotopic (exact) mass is 362 g/mol. The van der Waals surface area contributed by atoms with Gasteiger partial charge in [-0.3, -0.25) is 9.36 Å². The SMILES string of the molecule is Cc1ccc(C(=O)N2CCN(c3cc(-n4ccnc4)ncn3)CC2)cc1C. The number of aryl methyl sites for hydroxylation is 2. The van der Waals surface area contributed by atoms with Gasteiger partial charge in [-0.25, -0.2) is 15.0 Å². The lowest BCUT2D eigenvalue weighted by atomic mass is 10.1. The largest absolute Gasteiger partial charge is 0.353 e. The van der Waals surface area contributed by atoms with E-state index in [2.05, 4.69) is 26.8 Å². The Morgan fingerprint density at radius 2 is 1.74 bits per heavy atom. The fourth-order valence-corrected chi connectivity index (χ4v) is 3.24. The average molecular weight is 362 g/mol. The van der Waals surface area contributed by atoms with Crippen LogP contribution < -0.4 is 4.90 Å². The third kappa shape index (κ3) is 3.53. The van der Waals surface area contributed by atoms with Gasteiger partial charge in [0.05, 0.1) is 0 Å². The van der Waals surface area contributed by atoms with Gasteiger partial charge in [0.25, 0.3) is 5.91 Å². The smallest absolute Gasteiger partial charge is 0.253 e. The highest BCUT2D eigenvalue weighted by Crippen LogP contribution is 2.18. The first kappa shape index (κ1) is 17.2. The molecule has 1 fully saturated rings. The van der Waals surface area contributed by atoms with Gasteiger partial charge in [-0.2, -0.15) is 0 Å². The third-order valence-corrected chi connectivity index (χ3v) is 5.05. The van der Waals surface area contributed by atoms with Crippen molar-refractivity contribution >= 4 is 11.7 Å². The fraction of sp³-hybridized carbons (Fsp3) is 0.300. The molecular weight excluding hydrogens is 340 g/mol. The van der Waals surface area contributed by atoms with Gasteiger partial charge in [-0.1, -0.05) is 6.07 Å². The van der Waals surface area contributed by atoms with Gasteiger partial charge < -0.3 is 9.80 Å². The summed E-state index contributed by atoms with van der Waals surface area (Å²) in [7, 11) is 0. The van der Waals surface area contributed by atoms with Crippen LogP contribution in [0.25, 0.3) is 5.82 Å². The molecule has 3 aromatic rings. The van der Waals surface area contributed by atoms with Crippen LogP contribution in [-0.2, 0) is 0 Å². The molecule has 7 nitrogen and oxygen atoms in total. The van der Waals surface area contributed by atoms with Gasteiger partial charge in [0.2, 0.25) is 0 Å². The van der Waals surface area contributed by atoms with Crippen molar-refractivity contribution in [3.8, 4) is 5.82 Å². The highest BCUT2D eigenvalue weighted by molar-refractivity contribution is 5.94. The predicted octanol–water partition coefficient (Wildman–Crippen LogP) is 2.24. The molecule has 0 spiro atoms. The number of aromatic nitrogens is 4. The van der Waals surface area contributed by atoms with Crippen LogP contribution in [0.5, 0.6) is 0 Å². The number of imidazole rings is 1. The number of nitrogens with zero attached hydrogens (tertiary/aromatic N) is 6. The number of anilines is 1. The van der Waals surface area contributed by atoms with Crippen LogP contribution in [-0.4, -0.2) is 56.5 Å². The molecule has 3 heterocycles. The lowest BCUT2D eigenvalue weighted by molar-refractivity contribution is 0.0746. The second-order valence-electron chi connectivity index (χ2n) is 6.78. The average Bonchev–Trinajstić information content (AvgIpc) is 3.25. The maximum atomic E-state index is 12.8. The zero-order valence-corrected chi connectivity index (χ0v) is 15.5. The molecule has 0 N–H and O–H groups in total. The number of carbonyl (C=O) groups excluding carboxylic acids is 1. The molecule has 138 valence electrons. The van der Waals surface area contributed by atoms with E-state index in [0.29, 0.717) is 13.1 Å². The fourth-order valence-electron chi connectivity index (χ4n) is 3.24. The summed E-state index contributed by atoms with van der Waals surface area (Å²) in [5, 5.41) is 0. The normalized spacial score (nSPS) is 14.4. The number of benzene rings is 1. The van der Waals surface area contributed by atoms with E-state index in [0.717, 1.165) is 35.9 Å². The maximum absolute atomic E-state index is 12.8. The van der Waals surface area contributed by atoms with Crippen molar-refractivity contribution in [1.82, 2.24) is 24.4 Å². The second-order valence-corrected chi connectivity index (χ2v) is 6.78. The zero-order chi connectivity index (χ0) is 18.8. The molecule has 0 saturated carbocycles. The minimum Gasteiger partial charge on any atom is -0.353 e. The molecule has 0 unspecified atom stereocenters. The first-order chi connectivity index (χ1) is 13.1. The van der Waals surface area contributed by atoms with Crippen LogP contribution in [0, 0.1) is 13.8 Å². The summed E-state index contributed by atoms with van der Waals surface area (Å²) in [6.45, 7) is 6.94. The number of amides is 1. The van der Waals surface area contributed by atoms with Gasteiger partial charge in [-0.15, -0.1) is 0 Å². The van der Waals surface area contributed by atoms with Crippen LogP contribution in [0.1, 0.15) is 21.5 Å². The molecule has 1 amide bonds. The van der Waals surface area contributed by atoms with Gasteiger partial charge >= 0.3 is 0 Å². The minimum absolute atomic E-state index is 0.0968. The van der Waals surface area contributed by atoms with Crippen LogP contribution in [0.15, 0.2) is 49.3 Å². The molecule has 4 rings (SSSR count). The number of piperazine rings is 1. The van der Waals surface area contributed by atoms with Gasteiger partial charge in [0.15, 0.2) is 0 Å². The van der Waals surface area contributed by atoms with Gasteiger partial charge in [0.1, 0.15) is 24.3 Å². The molecule has 1 saturated heterocycles. The van der Waals surface area contributed by atoms with E-state index in [1.54, 1.807) is 18.9 Å².